The van der Waals surface area contributed by atoms with Crippen molar-refractivity contribution in [2.45, 2.75) is 64.1 Å². The molecule has 16 nitrogen and oxygen atoms in total. The smallest absolute Gasteiger partial charge is 0.434 e. The Hall–Kier alpha value is -2.14. The Morgan fingerprint density at radius 1 is 1.27 bits per heavy atom. The lowest BCUT2D eigenvalue weighted by molar-refractivity contribution is -0.0401. The largest absolute Gasteiger partial charge is 0.510 e. The Bertz CT molecular complexity index is 1100. The van der Waals surface area contributed by atoms with Crippen LogP contribution in [0.1, 0.15) is 33.6 Å². The second-order valence-electron chi connectivity index (χ2n) is 10.6. The van der Waals surface area contributed by atoms with Gasteiger partial charge in [0.25, 0.3) is 0 Å². The molecule has 232 valence electrons. The highest BCUT2D eigenvalue weighted by Gasteiger charge is 2.42. The van der Waals surface area contributed by atoms with E-state index in [4.69, 9.17) is 36.3 Å². The number of ether oxygens (including phenoxy) is 5. The summed E-state index contributed by atoms with van der Waals surface area (Å²) < 4.78 is 42.5. The zero-order valence-corrected chi connectivity index (χ0v) is 24.6. The van der Waals surface area contributed by atoms with Crippen LogP contribution in [0.2, 0.25) is 5.28 Å². The molecule has 2 aliphatic heterocycles. The van der Waals surface area contributed by atoms with Gasteiger partial charge < -0.3 is 49.8 Å². The van der Waals surface area contributed by atoms with Crippen LogP contribution in [0.4, 0.5) is 22.1 Å². The summed E-state index contributed by atoms with van der Waals surface area (Å²) >= 11 is 5.94. The molecule has 6 atom stereocenters. The molecule has 0 saturated carbocycles. The highest BCUT2D eigenvalue weighted by atomic mass is 35.5. The maximum Gasteiger partial charge on any atom is 0.510 e. The summed E-state index contributed by atoms with van der Waals surface area (Å²) in [5, 5.41) is 23.9. The van der Waals surface area contributed by atoms with E-state index in [1.165, 1.54) is 6.21 Å². The van der Waals surface area contributed by atoms with E-state index in [0.29, 0.717) is 19.0 Å². The summed E-state index contributed by atoms with van der Waals surface area (Å²) in [5.74, 6) is 0.376. The van der Waals surface area contributed by atoms with E-state index in [-0.39, 0.29) is 47.9 Å². The zero-order valence-electron chi connectivity index (χ0n) is 23.0. The number of aliphatic hydroxyl groups excluding tert-OH is 2. The van der Waals surface area contributed by atoms with Crippen molar-refractivity contribution in [1.82, 2.24) is 9.97 Å². The van der Waals surface area contributed by atoms with E-state index in [0.717, 1.165) is 6.42 Å². The fraction of sp³-hybridized carbons (Fsp3) is 0.739. The van der Waals surface area contributed by atoms with Crippen LogP contribution in [0.15, 0.2) is 4.99 Å². The van der Waals surface area contributed by atoms with Gasteiger partial charge in [0.2, 0.25) is 12.1 Å². The number of nitrogen functional groups attached to an aromatic ring is 1. The van der Waals surface area contributed by atoms with Crippen molar-refractivity contribution >= 4 is 48.9 Å². The van der Waals surface area contributed by atoms with Gasteiger partial charge in [-0.3, -0.25) is 14.1 Å². The number of nitrogens with two attached hydrogens (primary N) is 1. The number of nitrogens with one attached hydrogen (secondary N) is 1. The predicted molar refractivity (Wildman–Crippen MR) is 146 cm³/mol. The van der Waals surface area contributed by atoms with Crippen LogP contribution in [0.25, 0.3) is 0 Å². The van der Waals surface area contributed by atoms with Crippen LogP contribution >= 0.6 is 19.2 Å². The zero-order chi connectivity index (χ0) is 30.2. The fourth-order valence-corrected chi connectivity index (χ4v) is 4.52. The lowest BCUT2D eigenvalue weighted by Gasteiger charge is -2.18. The average Bonchev–Trinajstić information content (AvgIpc) is 3.47. The molecule has 1 aromatic rings. The maximum atomic E-state index is 12.1. The van der Waals surface area contributed by atoms with Gasteiger partial charge in [0.05, 0.1) is 32.0 Å². The first-order valence-electron chi connectivity index (χ1n) is 12.8. The molecule has 18 heteroatoms. The second kappa shape index (κ2) is 14.8. The molecule has 41 heavy (non-hydrogen) atoms. The summed E-state index contributed by atoms with van der Waals surface area (Å²) in [6, 6.07) is 0.00676. The number of aromatic nitrogens is 2. The molecule has 0 amide bonds. The van der Waals surface area contributed by atoms with Crippen molar-refractivity contribution in [1.29, 1.82) is 0 Å². The lowest BCUT2D eigenvalue weighted by Crippen LogP contribution is -2.34. The van der Waals surface area contributed by atoms with Crippen LogP contribution in [0.5, 0.6) is 0 Å². The van der Waals surface area contributed by atoms with Crippen LogP contribution < -0.4 is 11.1 Å². The minimum atomic E-state index is -4.31. The molecule has 0 aromatic carbocycles. The predicted octanol–water partition coefficient (Wildman–Crippen LogP) is 1.83. The normalized spacial score (nSPS) is 26.3. The van der Waals surface area contributed by atoms with Gasteiger partial charge in [-0.15, -0.1) is 0 Å². The number of anilines is 2. The minimum absolute atomic E-state index is 0.00676. The first-order chi connectivity index (χ1) is 19.2. The Morgan fingerprint density at radius 2 is 2.00 bits per heavy atom. The molecule has 2 fully saturated rings. The molecule has 0 aliphatic carbocycles. The molecule has 3 rings (SSSR count). The van der Waals surface area contributed by atoms with Crippen LogP contribution in [-0.2, 0) is 32.8 Å². The highest BCUT2D eigenvalue weighted by molar-refractivity contribution is 7.52. The SMILES string of the molecule is CC(C)(C)COC(=O)OCOP(=O)(O)COC[C@H]1OC(C/C=N\c2c(N)nc(Cl)nc2N[C@H]2CCOC2)[C@H](O)[C@@H]1O. The number of nitrogens with zero attached hydrogens (tertiary/aromatic N) is 3. The van der Waals surface area contributed by atoms with Crippen LogP contribution in [0, 0.1) is 5.41 Å². The molecule has 3 heterocycles. The summed E-state index contributed by atoms with van der Waals surface area (Å²) in [6.07, 6.45) is -4.03. The van der Waals surface area contributed by atoms with Gasteiger partial charge in [0.1, 0.15) is 30.3 Å². The fourth-order valence-electron chi connectivity index (χ4n) is 3.71. The summed E-state index contributed by atoms with van der Waals surface area (Å²) in [5.41, 5.74) is 5.95. The minimum Gasteiger partial charge on any atom is -0.434 e. The second-order valence-corrected chi connectivity index (χ2v) is 12.8. The van der Waals surface area contributed by atoms with E-state index >= 15 is 0 Å². The Morgan fingerprint density at radius 3 is 2.68 bits per heavy atom. The van der Waals surface area contributed by atoms with Gasteiger partial charge in [-0.1, -0.05) is 20.8 Å². The third kappa shape index (κ3) is 10.9. The summed E-state index contributed by atoms with van der Waals surface area (Å²) in [6.45, 7) is 5.60. The monoisotopic (exact) mass is 625 g/mol. The number of carbonyl (C=O) groups is 1. The molecular weight excluding hydrogens is 589 g/mol. The number of carbonyl (C=O) groups excluding carboxylic acids is 1. The van der Waals surface area contributed by atoms with Crippen molar-refractivity contribution in [2.75, 3.05) is 50.6 Å². The van der Waals surface area contributed by atoms with E-state index in [1.807, 2.05) is 20.8 Å². The number of rotatable bonds is 13. The van der Waals surface area contributed by atoms with Gasteiger partial charge >= 0.3 is 13.8 Å². The van der Waals surface area contributed by atoms with Gasteiger partial charge in [-0.2, -0.15) is 9.97 Å². The van der Waals surface area contributed by atoms with E-state index < -0.39 is 51.3 Å². The first kappa shape index (κ1) is 33.4. The number of halogens is 1. The number of hydrogen-bond donors (Lipinski definition) is 5. The Kier molecular flexibility index (Phi) is 12.1. The van der Waals surface area contributed by atoms with E-state index in [9.17, 15) is 24.5 Å². The van der Waals surface area contributed by atoms with Crippen molar-refractivity contribution in [2.24, 2.45) is 10.4 Å². The molecule has 0 radical (unpaired) electrons. The molecule has 0 bridgehead atoms. The standard InChI is InChI=1S/C23H37ClN5O11P/c1-23(2,3)10-37-22(32)38-11-39-41(33,34)12-36-9-15-18(31)17(30)14(40-15)4-6-26-16-19(25)28-21(24)29-20(16)27-13-5-7-35-8-13/h6,13-15,17-18,30-31H,4-5,7-12H2,1-3H3,(H,33,34)(H3,25,27,28,29)/b26-6-/t13-,14?,15+,17-,18+/m0/s1. The number of hydrogen-bond acceptors (Lipinski definition) is 15. The molecular formula is C23H37ClN5O11P. The Labute approximate surface area is 242 Å². The molecule has 6 N–H and O–H groups in total. The molecule has 2 saturated heterocycles. The highest BCUT2D eigenvalue weighted by Crippen LogP contribution is 2.42. The lowest BCUT2D eigenvalue weighted by atomic mass is 9.99. The van der Waals surface area contributed by atoms with E-state index in [2.05, 4.69) is 29.5 Å². The molecule has 0 spiro atoms. The summed E-state index contributed by atoms with van der Waals surface area (Å²) in [7, 11) is -4.31. The van der Waals surface area contributed by atoms with Gasteiger partial charge in [0, 0.05) is 19.2 Å². The van der Waals surface area contributed by atoms with Crippen molar-refractivity contribution in [3.8, 4) is 0 Å². The van der Waals surface area contributed by atoms with Crippen LogP contribution in [-0.4, -0.2) is 107 Å². The summed E-state index contributed by atoms with van der Waals surface area (Å²) in [4.78, 5) is 33.8. The maximum absolute atomic E-state index is 12.1. The Balaban J connectivity index is 1.44. The molecule has 1 aromatic heterocycles. The first-order valence-corrected chi connectivity index (χ1v) is 14.9. The van der Waals surface area contributed by atoms with E-state index in [1.54, 1.807) is 0 Å². The topological polar surface area (TPSA) is 226 Å². The third-order valence-corrected chi connectivity index (χ3v) is 6.95. The molecule has 2 aliphatic rings. The van der Waals surface area contributed by atoms with Gasteiger partial charge in [0.15, 0.2) is 11.6 Å². The molecule has 2 unspecified atom stereocenters. The third-order valence-electron chi connectivity index (χ3n) is 5.76. The number of aliphatic hydroxyl groups is 2. The van der Waals surface area contributed by atoms with Crippen LogP contribution in [0.3, 0.4) is 0 Å². The average molecular weight is 626 g/mol. The van der Waals surface area contributed by atoms with Crippen molar-refractivity contribution in [3.05, 3.63) is 5.28 Å². The van der Waals surface area contributed by atoms with Crippen molar-refractivity contribution in [3.63, 3.8) is 0 Å². The van der Waals surface area contributed by atoms with Crippen molar-refractivity contribution < 1.29 is 52.7 Å². The quantitative estimate of drug-likeness (QED) is 0.0692. The van der Waals surface area contributed by atoms with Gasteiger partial charge in [-0.05, 0) is 23.4 Å². The number of aliphatic imine (C=N–C) groups is 1. The van der Waals surface area contributed by atoms with Gasteiger partial charge in [-0.25, -0.2) is 4.79 Å².